The van der Waals surface area contributed by atoms with E-state index in [1.807, 2.05) is 60.7 Å². The molecule has 1 N–H and O–H groups in total. The highest BCUT2D eigenvalue weighted by atomic mass is 16.6. The molecule has 32 heavy (non-hydrogen) atoms. The first-order chi connectivity index (χ1) is 15.5. The summed E-state index contributed by atoms with van der Waals surface area (Å²) in [4.78, 5) is 25.4. The average molecular weight is 425 g/mol. The maximum absolute atomic E-state index is 13.1. The fraction of sp³-hybridized carbons (Fsp3) is 0.192. The van der Waals surface area contributed by atoms with E-state index in [1.54, 1.807) is 24.1 Å². The van der Waals surface area contributed by atoms with Crippen molar-refractivity contribution in [2.75, 3.05) is 17.3 Å². The smallest absolute Gasteiger partial charge is 0.269 e. The highest BCUT2D eigenvalue weighted by Gasteiger charge is 2.38. The Balaban J connectivity index is 1.45. The van der Waals surface area contributed by atoms with Gasteiger partial charge in [0.05, 0.1) is 11.0 Å². The number of amides is 1. The summed E-state index contributed by atoms with van der Waals surface area (Å²) >= 11 is 0. The zero-order chi connectivity index (χ0) is 22.2. The van der Waals surface area contributed by atoms with Gasteiger partial charge in [-0.2, -0.15) is 0 Å². The molecule has 3 aromatic rings. The Morgan fingerprint density at radius 3 is 2.53 bits per heavy atom. The van der Waals surface area contributed by atoms with Gasteiger partial charge < -0.3 is 10.2 Å². The van der Waals surface area contributed by atoms with Gasteiger partial charge in [-0.15, -0.1) is 0 Å². The summed E-state index contributed by atoms with van der Waals surface area (Å²) in [5, 5.41) is 14.6. The molecule has 0 saturated carbocycles. The molecule has 1 heterocycles. The molecule has 0 saturated heterocycles. The van der Waals surface area contributed by atoms with E-state index in [2.05, 4.69) is 17.5 Å². The number of carbonyl (C=O) groups excluding carboxylic acids is 1. The van der Waals surface area contributed by atoms with Crippen LogP contribution < -0.4 is 10.2 Å². The highest BCUT2D eigenvalue weighted by molar-refractivity contribution is 6.06. The molecule has 2 aliphatic rings. The van der Waals surface area contributed by atoms with Gasteiger partial charge in [-0.25, -0.2) is 0 Å². The number of para-hydroxylation sites is 1. The van der Waals surface area contributed by atoms with Gasteiger partial charge in [-0.3, -0.25) is 14.9 Å². The third-order valence-electron chi connectivity index (χ3n) is 6.52. The number of hydrogen-bond donors (Lipinski definition) is 1. The highest BCUT2D eigenvalue weighted by Crippen LogP contribution is 2.50. The standard InChI is InChI=1S/C26H23N3O3/c1-28(19-6-3-2-4-7-19)26(30)18-12-15-24-23(16-18)21-8-5-9-22(21)25(27-24)17-10-13-20(14-11-17)29(31)32/h2-8,10-16,21-22,25,27H,9H2,1H3. The largest absolute Gasteiger partial charge is 0.378 e. The van der Waals surface area contributed by atoms with Crippen molar-refractivity contribution in [2.45, 2.75) is 18.4 Å². The molecule has 3 aromatic carbocycles. The Bertz CT molecular complexity index is 1200. The van der Waals surface area contributed by atoms with E-state index < -0.39 is 0 Å². The third kappa shape index (κ3) is 3.43. The molecule has 3 unspecified atom stereocenters. The molecule has 0 spiro atoms. The zero-order valence-electron chi connectivity index (χ0n) is 17.6. The predicted octanol–water partition coefficient (Wildman–Crippen LogP) is 5.70. The molecule has 3 atom stereocenters. The molecule has 6 heteroatoms. The number of nitrogens with zero attached hydrogens (tertiary/aromatic N) is 2. The number of allylic oxidation sites excluding steroid dienone is 2. The second kappa shape index (κ2) is 7.96. The quantitative estimate of drug-likeness (QED) is 0.331. The van der Waals surface area contributed by atoms with Crippen molar-refractivity contribution in [3.05, 3.63) is 112 Å². The molecule has 0 radical (unpaired) electrons. The van der Waals surface area contributed by atoms with Crippen molar-refractivity contribution < 1.29 is 9.72 Å². The summed E-state index contributed by atoms with van der Waals surface area (Å²) in [6.07, 6.45) is 5.33. The molecule has 6 nitrogen and oxygen atoms in total. The topological polar surface area (TPSA) is 75.5 Å². The summed E-state index contributed by atoms with van der Waals surface area (Å²) in [7, 11) is 1.79. The summed E-state index contributed by atoms with van der Waals surface area (Å²) in [6.45, 7) is 0. The summed E-state index contributed by atoms with van der Waals surface area (Å²) in [5.74, 6) is 0.442. The average Bonchev–Trinajstić information content (AvgIpc) is 3.33. The Hall–Kier alpha value is -3.93. The normalized spacial score (nSPS) is 20.7. The Kier molecular flexibility index (Phi) is 4.98. The first-order valence-corrected chi connectivity index (χ1v) is 10.7. The molecule has 160 valence electrons. The predicted molar refractivity (Wildman–Crippen MR) is 125 cm³/mol. The second-order valence-corrected chi connectivity index (χ2v) is 8.33. The Labute approximate surface area is 186 Å². The molecule has 0 bridgehead atoms. The molecular weight excluding hydrogens is 402 g/mol. The summed E-state index contributed by atoms with van der Waals surface area (Å²) in [5.41, 5.74) is 4.75. The van der Waals surface area contributed by atoms with Gasteiger partial charge in [-0.1, -0.05) is 42.5 Å². The van der Waals surface area contributed by atoms with Gasteiger partial charge in [0.2, 0.25) is 0 Å². The third-order valence-corrected chi connectivity index (χ3v) is 6.52. The van der Waals surface area contributed by atoms with Crippen LogP contribution in [0.1, 0.15) is 39.9 Å². The van der Waals surface area contributed by atoms with Gasteiger partial charge in [0.15, 0.2) is 0 Å². The number of nitro benzene ring substituents is 1. The van der Waals surface area contributed by atoms with E-state index >= 15 is 0 Å². The van der Waals surface area contributed by atoms with Crippen LogP contribution in [0.3, 0.4) is 0 Å². The molecule has 1 amide bonds. The minimum atomic E-state index is -0.377. The zero-order valence-corrected chi connectivity index (χ0v) is 17.6. The monoisotopic (exact) mass is 425 g/mol. The lowest BCUT2D eigenvalue weighted by Crippen LogP contribution is -2.30. The minimum Gasteiger partial charge on any atom is -0.378 e. The Morgan fingerprint density at radius 2 is 1.81 bits per heavy atom. The maximum atomic E-state index is 13.1. The lowest BCUT2D eigenvalue weighted by Gasteiger charge is -2.37. The van der Waals surface area contributed by atoms with Crippen molar-refractivity contribution in [2.24, 2.45) is 5.92 Å². The lowest BCUT2D eigenvalue weighted by atomic mass is 9.76. The first-order valence-electron chi connectivity index (χ1n) is 10.7. The van der Waals surface area contributed by atoms with Gasteiger partial charge in [0.25, 0.3) is 11.6 Å². The molecular formula is C26H23N3O3. The maximum Gasteiger partial charge on any atom is 0.269 e. The van der Waals surface area contributed by atoms with Crippen molar-refractivity contribution >= 4 is 23.0 Å². The van der Waals surface area contributed by atoms with E-state index in [0.29, 0.717) is 11.5 Å². The number of nitro groups is 1. The SMILES string of the molecule is CN(C(=O)c1ccc2c(c1)C1C=CCC1C(c1ccc([N+](=O)[O-])cc1)N2)c1ccccc1. The number of hydrogen-bond acceptors (Lipinski definition) is 4. The Morgan fingerprint density at radius 1 is 1.06 bits per heavy atom. The number of benzene rings is 3. The van der Waals surface area contributed by atoms with Crippen LogP contribution >= 0.6 is 0 Å². The number of nitrogens with one attached hydrogen (secondary N) is 1. The summed E-state index contributed by atoms with van der Waals surface area (Å²) < 4.78 is 0. The molecule has 0 fully saturated rings. The number of fused-ring (bicyclic) bond motifs is 3. The number of carbonyl (C=O) groups is 1. The fourth-order valence-electron chi connectivity index (χ4n) is 4.82. The second-order valence-electron chi connectivity index (χ2n) is 8.33. The lowest BCUT2D eigenvalue weighted by molar-refractivity contribution is -0.384. The van der Waals surface area contributed by atoms with Gasteiger partial charge in [0.1, 0.15) is 0 Å². The van der Waals surface area contributed by atoms with Crippen LogP contribution in [0.15, 0.2) is 84.9 Å². The molecule has 0 aromatic heterocycles. The fourth-order valence-corrected chi connectivity index (χ4v) is 4.82. The first kappa shape index (κ1) is 20.0. The van der Waals surface area contributed by atoms with E-state index in [0.717, 1.165) is 28.9 Å². The van der Waals surface area contributed by atoms with Gasteiger partial charge in [0, 0.05) is 42.0 Å². The van der Waals surface area contributed by atoms with Crippen molar-refractivity contribution in [1.82, 2.24) is 0 Å². The van der Waals surface area contributed by atoms with Gasteiger partial charge >= 0.3 is 0 Å². The van der Waals surface area contributed by atoms with Crippen LogP contribution in [0.5, 0.6) is 0 Å². The number of anilines is 2. The molecule has 5 rings (SSSR count). The van der Waals surface area contributed by atoms with Crippen LogP contribution in [0, 0.1) is 16.0 Å². The van der Waals surface area contributed by atoms with Crippen LogP contribution in [-0.2, 0) is 0 Å². The van der Waals surface area contributed by atoms with Gasteiger partial charge in [-0.05, 0) is 53.8 Å². The number of rotatable bonds is 4. The molecule has 1 aliphatic carbocycles. The summed E-state index contributed by atoms with van der Waals surface area (Å²) in [6, 6.07) is 22.3. The number of non-ortho nitro benzene ring substituents is 1. The minimum absolute atomic E-state index is 0.0463. The van der Waals surface area contributed by atoms with Crippen molar-refractivity contribution in [3.8, 4) is 0 Å². The van der Waals surface area contributed by atoms with Crippen LogP contribution in [0.2, 0.25) is 0 Å². The molecule has 1 aliphatic heterocycles. The van der Waals surface area contributed by atoms with Crippen LogP contribution in [0.4, 0.5) is 17.1 Å². The van der Waals surface area contributed by atoms with E-state index in [1.165, 1.54) is 0 Å². The van der Waals surface area contributed by atoms with E-state index in [-0.39, 0.29) is 28.5 Å². The van der Waals surface area contributed by atoms with Crippen LogP contribution in [-0.4, -0.2) is 17.9 Å². The van der Waals surface area contributed by atoms with Crippen molar-refractivity contribution in [1.29, 1.82) is 0 Å². The van der Waals surface area contributed by atoms with E-state index in [9.17, 15) is 14.9 Å². The van der Waals surface area contributed by atoms with Crippen LogP contribution in [0.25, 0.3) is 0 Å². The van der Waals surface area contributed by atoms with E-state index in [4.69, 9.17) is 0 Å². The van der Waals surface area contributed by atoms with Crippen molar-refractivity contribution in [3.63, 3.8) is 0 Å².